The molecule has 1 saturated heterocycles. The molecule has 5 heterocycles. The number of halogens is 3. The molecule has 2 aliphatic heterocycles. The first-order valence-electron chi connectivity index (χ1n) is 16.6. The Labute approximate surface area is 292 Å². The second-order valence-corrected chi connectivity index (χ2v) is 15.3. The fraction of sp³-hybridized carbons (Fsp3) is 0.263. The summed E-state index contributed by atoms with van der Waals surface area (Å²) in [5.41, 5.74) is 4.94. The largest absolute Gasteiger partial charge is 0.455 e. The number of rotatable bonds is 7. The van der Waals surface area contributed by atoms with Gasteiger partial charge in [-0.15, -0.1) is 0 Å². The minimum Gasteiger partial charge on any atom is -0.455 e. The highest BCUT2D eigenvalue weighted by Gasteiger charge is 2.33. The molecule has 1 amide bonds. The van der Waals surface area contributed by atoms with Gasteiger partial charge in [0.1, 0.15) is 29.1 Å². The second-order valence-electron chi connectivity index (χ2n) is 13.3. The predicted molar refractivity (Wildman–Crippen MR) is 191 cm³/mol. The molecule has 0 bridgehead atoms. The Kier molecular flexibility index (Phi) is 7.95. The number of anilines is 1. The van der Waals surface area contributed by atoms with Gasteiger partial charge in [-0.05, 0) is 73.0 Å². The van der Waals surface area contributed by atoms with Crippen LogP contribution in [0.3, 0.4) is 0 Å². The molecule has 51 heavy (non-hydrogen) atoms. The number of hydrogen-bond donors (Lipinski definition) is 1. The number of carbonyl (C=O) groups excluding carboxylic acids is 1. The molecule has 9 nitrogen and oxygen atoms in total. The number of benzene rings is 3. The lowest BCUT2D eigenvalue weighted by molar-refractivity contribution is 0.0964. The molecule has 1 fully saturated rings. The smallest absolute Gasteiger partial charge is 0.255 e. The van der Waals surface area contributed by atoms with Crippen LogP contribution in [0.1, 0.15) is 28.4 Å². The summed E-state index contributed by atoms with van der Waals surface area (Å²) in [4.78, 5) is 20.6. The zero-order chi connectivity index (χ0) is 35.8. The van der Waals surface area contributed by atoms with Gasteiger partial charge in [-0.2, -0.15) is 0 Å². The van der Waals surface area contributed by atoms with Crippen LogP contribution in [0.25, 0.3) is 55.8 Å². The van der Waals surface area contributed by atoms with E-state index in [1.165, 1.54) is 44.4 Å². The number of alkyl halides is 1. The molecule has 1 unspecified atom stereocenters. The lowest BCUT2D eigenvalue weighted by Gasteiger charge is -2.32. The van der Waals surface area contributed by atoms with Crippen LogP contribution in [0.15, 0.2) is 77.2 Å². The molecule has 262 valence electrons. The summed E-state index contributed by atoms with van der Waals surface area (Å²) in [5, 5.41) is 3.50. The summed E-state index contributed by atoms with van der Waals surface area (Å²) >= 11 is 0. The van der Waals surface area contributed by atoms with Gasteiger partial charge in [-0.3, -0.25) is 14.0 Å². The van der Waals surface area contributed by atoms with Crippen LogP contribution < -0.4 is 9.62 Å². The normalized spacial score (nSPS) is 17.5. The number of pyridine rings is 1. The third kappa shape index (κ3) is 5.64. The SMILES string of the molecule is CNC(=O)c1c(-c2ccc(F)cc2)oc2cc(N(C)S(C)(=O)=O)c(-c3ccc4c(n3)-c3cc5c(F)cccc5n3C(CN3CC[C@H](F)C3)C4)cc12. The predicted octanol–water partition coefficient (Wildman–Crippen LogP) is 6.96. The summed E-state index contributed by atoms with van der Waals surface area (Å²) in [7, 11) is -0.869. The van der Waals surface area contributed by atoms with Gasteiger partial charge in [-0.25, -0.2) is 26.6 Å². The third-order valence-electron chi connectivity index (χ3n) is 10.0. The second kappa shape index (κ2) is 12.3. The molecule has 8 rings (SSSR count). The van der Waals surface area contributed by atoms with E-state index < -0.39 is 27.9 Å². The average molecular weight is 714 g/mol. The molecule has 6 aromatic rings. The molecule has 3 aromatic heterocycles. The Morgan fingerprint density at radius 3 is 2.55 bits per heavy atom. The Hall–Kier alpha value is -5.14. The van der Waals surface area contributed by atoms with Crippen molar-refractivity contribution in [3.63, 3.8) is 0 Å². The molecule has 2 atom stereocenters. The van der Waals surface area contributed by atoms with Crippen LogP contribution in [-0.4, -0.2) is 74.9 Å². The van der Waals surface area contributed by atoms with E-state index in [9.17, 15) is 22.0 Å². The first-order valence-corrected chi connectivity index (χ1v) is 18.4. The number of hydrogen-bond acceptors (Lipinski definition) is 6. The Balaban J connectivity index is 1.33. The van der Waals surface area contributed by atoms with Gasteiger partial charge in [0.05, 0.1) is 46.1 Å². The summed E-state index contributed by atoms with van der Waals surface area (Å²) in [6, 6.07) is 19.2. The van der Waals surface area contributed by atoms with E-state index in [0.29, 0.717) is 77.0 Å². The van der Waals surface area contributed by atoms with Crippen LogP contribution in [0.4, 0.5) is 18.9 Å². The number of sulfonamides is 1. The highest BCUT2D eigenvalue weighted by molar-refractivity contribution is 7.92. The summed E-state index contributed by atoms with van der Waals surface area (Å²) in [6.45, 7) is 1.60. The van der Waals surface area contributed by atoms with E-state index in [-0.39, 0.29) is 34.5 Å². The topological polar surface area (TPSA) is 101 Å². The maximum atomic E-state index is 15.2. The van der Waals surface area contributed by atoms with Crippen molar-refractivity contribution >= 4 is 43.5 Å². The van der Waals surface area contributed by atoms with E-state index in [1.54, 1.807) is 24.3 Å². The molecule has 0 saturated carbocycles. The van der Waals surface area contributed by atoms with Crippen molar-refractivity contribution in [2.24, 2.45) is 0 Å². The van der Waals surface area contributed by atoms with Crippen LogP contribution in [0, 0.1) is 11.6 Å². The molecule has 0 radical (unpaired) electrons. The average Bonchev–Trinajstić information content (AvgIpc) is 3.82. The van der Waals surface area contributed by atoms with Crippen molar-refractivity contribution in [1.29, 1.82) is 0 Å². The van der Waals surface area contributed by atoms with Gasteiger partial charge in [0.15, 0.2) is 0 Å². The highest BCUT2D eigenvalue weighted by atomic mass is 32.2. The third-order valence-corrected chi connectivity index (χ3v) is 11.2. The van der Waals surface area contributed by atoms with E-state index in [1.807, 2.05) is 18.2 Å². The van der Waals surface area contributed by atoms with Gasteiger partial charge < -0.3 is 14.3 Å². The van der Waals surface area contributed by atoms with Gasteiger partial charge in [0.25, 0.3) is 5.91 Å². The summed E-state index contributed by atoms with van der Waals surface area (Å²) in [5.74, 6) is -1.07. The number of carbonyl (C=O) groups is 1. The maximum absolute atomic E-state index is 15.2. The van der Waals surface area contributed by atoms with Crippen molar-refractivity contribution in [3.8, 4) is 34.0 Å². The fourth-order valence-corrected chi connectivity index (χ4v) is 8.00. The molecule has 1 N–H and O–H groups in total. The van der Waals surface area contributed by atoms with E-state index in [0.717, 1.165) is 16.1 Å². The number of furan rings is 1. The quantitative estimate of drug-likeness (QED) is 0.192. The lowest BCUT2D eigenvalue weighted by Crippen LogP contribution is -2.32. The number of likely N-dealkylation sites (tertiary alicyclic amines) is 1. The number of fused-ring (bicyclic) bond motifs is 6. The Bertz CT molecular complexity index is 2480. The molecule has 13 heteroatoms. The zero-order valence-electron chi connectivity index (χ0n) is 28.1. The fourth-order valence-electron chi connectivity index (χ4n) is 7.49. The first-order chi connectivity index (χ1) is 24.4. The first kappa shape index (κ1) is 33.0. The van der Waals surface area contributed by atoms with Crippen LogP contribution in [-0.2, 0) is 16.4 Å². The van der Waals surface area contributed by atoms with Crippen molar-refractivity contribution in [1.82, 2.24) is 19.8 Å². The highest BCUT2D eigenvalue weighted by Crippen LogP contribution is 2.44. The number of nitrogens with zero attached hydrogens (tertiary/aromatic N) is 4. The molecular weight excluding hydrogens is 680 g/mol. The lowest BCUT2D eigenvalue weighted by atomic mass is 9.95. The van der Waals surface area contributed by atoms with Gasteiger partial charge in [0, 0.05) is 61.7 Å². The van der Waals surface area contributed by atoms with Crippen LogP contribution >= 0.6 is 0 Å². The standard InChI is InChI=1S/C38H34F3N5O4S/c1-42-38(47)35-28-16-27(32(44(2)51(3,48)49)18-34(28)50-37(35)21-7-10-23(39)11-8-21)30-12-9-22-15-25(20-45-14-13-24(40)19-45)46-31-6-4-5-29(41)26(31)17-33(46)36(22)43-30/h4-12,16-18,24-25H,13-15,19-20H2,1-3H3,(H,42,47)/t24-,25?/m0/s1. The van der Waals surface area contributed by atoms with E-state index in [2.05, 4.69) is 14.8 Å². The molecular formula is C38H34F3N5O4S. The van der Waals surface area contributed by atoms with Crippen LogP contribution in [0.5, 0.6) is 0 Å². The Morgan fingerprint density at radius 1 is 1.06 bits per heavy atom. The summed E-state index contributed by atoms with van der Waals surface area (Å²) in [6.07, 6.45) is 1.27. The minimum absolute atomic E-state index is 0.0982. The van der Waals surface area contributed by atoms with Gasteiger partial charge >= 0.3 is 0 Å². The monoisotopic (exact) mass is 713 g/mol. The number of nitrogens with one attached hydrogen (secondary N) is 1. The van der Waals surface area contributed by atoms with E-state index >= 15 is 4.39 Å². The maximum Gasteiger partial charge on any atom is 0.255 e. The zero-order valence-corrected chi connectivity index (χ0v) is 28.9. The molecule has 3 aromatic carbocycles. The molecule has 2 aliphatic rings. The van der Waals surface area contributed by atoms with Crippen molar-refractivity contribution in [3.05, 3.63) is 95.6 Å². The van der Waals surface area contributed by atoms with Gasteiger partial charge in [0.2, 0.25) is 10.0 Å². The molecule has 0 spiro atoms. The summed E-state index contributed by atoms with van der Waals surface area (Å²) < 4.78 is 78.6. The van der Waals surface area contributed by atoms with Crippen LogP contribution in [0.2, 0.25) is 0 Å². The number of aromatic nitrogens is 2. The van der Waals surface area contributed by atoms with Crippen molar-refractivity contribution in [2.45, 2.75) is 25.1 Å². The molecule has 0 aliphatic carbocycles. The van der Waals surface area contributed by atoms with Crippen molar-refractivity contribution in [2.75, 3.05) is 44.3 Å². The Morgan fingerprint density at radius 2 is 1.84 bits per heavy atom. The number of amides is 1. The van der Waals surface area contributed by atoms with Crippen molar-refractivity contribution < 1.29 is 30.8 Å². The van der Waals surface area contributed by atoms with E-state index in [4.69, 9.17) is 9.40 Å². The minimum atomic E-state index is -3.78. The van der Waals surface area contributed by atoms with Gasteiger partial charge in [-0.1, -0.05) is 12.1 Å².